The van der Waals surface area contributed by atoms with Crippen LogP contribution in [0, 0.1) is 11.3 Å². The minimum Gasteiger partial charge on any atom is -0.496 e. The molecule has 0 radical (unpaired) electrons. The predicted molar refractivity (Wildman–Crippen MR) is 101 cm³/mol. The number of benzene rings is 2. The van der Waals surface area contributed by atoms with Crippen LogP contribution in [0.1, 0.15) is 11.1 Å². The van der Waals surface area contributed by atoms with Crippen molar-refractivity contribution in [2.75, 3.05) is 20.7 Å². The van der Waals surface area contributed by atoms with E-state index < -0.39 is 22.5 Å². The quantitative estimate of drug-likeness (QED) is 0.758. The first-order valence-electron chi connectivity index (χ1n) is 7.83. The van der Waals surface area contributed by atoms with Crippen molar-refractivity contribution < 1.29 is 17.9 Å². The molecule has 0 spiro atoms. The zero-order valence-corrected chi connectivity index (χ0v) is 16.3. The number of hydrogen-bond acceptors (Lipinski definition) is 5. The second kappa shape index (κ2) is 8.86. The second-order valence-electron chi connectivity index (χ2n) is 5.64. The fraction of sp³-hybridized carbons (Fsp3) is 0.222. The molecule has 2 rings (SSSR count). The maximum Gasteiger partial charge on any atom is 0.242 e. The van der Waals surface area contributed by atoms with Crippen molar-refractivity contribution in [3.8, 4) is 11.8 Å². The number of amides is 1. The Balaban J connectivity index is 2.07. The van der Waals surface area contributed by atoms with Gasteiger partial charge in [0.15, 0.2) is 0 Å². The lowest BCUT2D eigenvalue weighted by molar-refractivity contribution is -0.129. The van der Waals surface area contributed by atoms with Gasteiger partial charge in [-0.3, -0.25) is 4.79 Å². The largest absolute Gasteiger partial charge is 0.496 e. The highest BCUT2D eigenvalue weighted by Gasteiger charge is 2.20. The molecule has 9 heteroatoms. The van der Waals surface area contributed by atoms with E-state index in [2.05, 4.69) is 4.72 Å². The Morgan fingerprint density at radius 2 is 2.00 bits per heavy atom. The lowest BCUT2D eigenvalue weighted by Crippen LogP contribution is -2.38. The Bertz CT molecular complexity index is 986. The molecule has 142 valence electrons. The van der Waals surface area contributed by atoms with Gasteiger partial charge in [-0.1, -0.05) is 23.7 Å². The standard InChI is InChI=1S/C18H18ClN3O4S/c1-22(12-14-9-15(19)7-8-16(14)26-2)18(23)11-21-27(24,25)17-6-4-3-5-13(17)10-20/h3-9,21H,11-12H2,1-2H3. The summed E-state index contributed by atoms with van der Waals surface area (Å²) in [6.07, 6.45) is 0. The lowest BCUT2D eigenvalue weighted by atomic mass is 10.2. The average molecular weight is 408 g/mol. The lowest BCUT2D eigenvalue weighted by Gasteiger charge is -2.19. The van der Waals surface area contributed by atoms with Crippen LogP contribution in [0.3, 0.4) is 0 Å². The molecule has 27 heavy (non-hydrogen) atoms. The number of sulfonamides is 1. The van der Waals surface area contributed by atoms with E-state index >= 15 is 0 Å². The first-order valence-corrected chi connectivity index (χ1v) is 9.69. The van der Waals surface area contributed by atoms with Crippen molar-refractivity contribution in [1.29, 1.82) is 5.26 Å². The molecule has 0 bridgehead atoms. The fourth-order valence-corrected chi connectivity index (χ4v) is 3.70. The molecule has 0 unspecified atom stereocenters. The third-order valence-electron chi connectivity index (χ3n) is 3.79. The minimum atomic E-state index is -3.99. The van der Waals surface area contributed by atoms with E-state index in [0.29, 0.717) is 16.3 Å². The van der Waals surface area contributed by atoms with Crippen LogP contribution >= 0.6 is 11.6 Å². The highest BCUT2D eigenvalue weighted by molar-refractivity contribution is 7.89. The molecule has 0 fully saturated rings. The zero-order chi connectivity index (χ0) is 20.0. The number of nitrogens with one attached hydrogen (secondary N) is 1. The van der Waals surface area contributed by atoms with Gasteiger partial charge in [-0.25, -0.2) is 13.1 Å². The number of hydrogen-bond donors (Lipinski definition) is 1. The van der Waals surface area contributed by atoms with Gasteiger partial charge in [0.1, 0.15) is 11.8 Å². The first-order chi connectivity index (χ1) is 12.8. The number of methoxy groups -OCH3 is 1. The number of halogens is 1. The van der Waals surface area contributed by atoms with Crippen LogP contribution in [0.15, 0.2) is 47.4 Å². The predicted octanol–water partition coefficient (Wildman–Crippen LogP) is 2.16. The average Bonchev–Trinajstić information content (AvgIpc) is 2.66. The molecule has 7 nitrogen and oxygen atoms in total. The van der Waals surface area contributed by atoms with E-state index in [1.165, 1.54) is 30.2 Å². The zero-order valence-electron chi connectivity index (χ0n) is 14.8. The molecule has 2 aromatic carbocycles. The molecule has 0 aliphatic heterocycles. The van der Waals surface area contributed by atoms with Crippen molar-refractivity contribution in [3.05, 3.63) is 58.6 Å². The van der Waals surface area contributed by atoms with Crippen LogP contribution in [0.5, 0.6) is 5.75 Å². The Labute approximate surface area is 163 Å². The van der Waals surface area contributed by atoms with Gasteiger partial charge >= 0.3 is 0 Å². The van der Waals surface area contributed by atoms with Crippen molar-refractivity contribution in [1.82, 2.24) is 9.62 Å². The van der Waals surface area contributed by atoms with Crippen molar-refractivity contribution in [2.24, 2.45) is 0 Å². The van der Waals surface area contributed by atoms with Crippen LogP contribution in [0.4, 0.5) is 0 Å². The third-order valence-corrected chi connectivity index (χ3v) is 5.48. The van der Waals surface area contributed by atoms with Crippen molar-refractivity contribution >= 4 is 27.5 Å². The van der Waals surface area contributed by atoms with Gasteiger partial charge in [-0.15, -0.1) is 0 Å². The number of likely N-dealkylation sites (N-methyl/N-ethyl adjacent to an activating group) is 1. The van der Waals surface area contributed by atoms with E-state index in [1.807, 2.05) is 6.07 Å². The summed E-state index contributed by atoms with van der Waals surface area (Å²) in [5.41, 5.74) is 0.702. The molecule has 0 aliphatic carbocycles. The smallest absolute Gasteiger partial charge is 0.242 e. The summed E-state index contributed by atoms with van der Waals surface area (Å²) < 4.78 is 32.2. The first kappa shape index (κ1) is 20.7. The molecule has 2 aromatic rings. The molecule has 0 saturated heterocycles. The number of carbonyl (C=O) groups excluding carboxylic acids is 1. The number of rotatable bonds is 7. The maximum absolute atomic E-state index is 12.4. The Kier molecular flexibility index (Phi) is 6.80. The molecular formula is C18H18ClN3O4S. The number of nitrogens with zero attached hydrogens (tertiary/aromatic N) is 2. The van der Waals surface area contributed by atoms with E-state index in [0.717, 1.165) is 0 Å². The molecule has 0 atom stereocenters. The van der Waals surface area contributed by atoms with Gasteiger partial charge in [-0.05, 0) is 30.3 Å². The van der Waals surface area contributed by atoms with E-state index in [-0.39, 0.29) is 17.0 Å². The van der Waals surface area contributed by atoms with Crippen LogP contribution in [0.25, 0.3) is 0 Å². The van der Waals surface area contributed by atoms with Crippen molar-refractivity contribution in [3.63, 3.8) is 0 Å². The molecular weight excluding hydrogens is 390 g/mol. The summed E-state index contributed by atoms with van der Waals surface area (Å²) in [6.45, 7) is -0.249. The molecule has 1 amide bonds. The van der Waals surface area contributed by atoms with Gasteiger partial charge < -0.3 is 9.64 Å². The Hall–Kier alpha value is -2.60. The Morgan fingerprint density at radius 1 is 1.30 bits per heavy atom. The number of ether oxygens (including phenoxy) is 1. The highest BCUT2D eigenvalue weighted by atomic mass is 35.5. The molecule has 0 aromatic heterocycles. The van der Waals surface area contributed by atoms with Gasteiger partial charge in [0.2, 0.25) is 15.9 Å². The van der Waals surface area contributed by atoms with Crippen molar-refractivity contribution in [2.45, 2.75) is 11.4 Å². The summed E-state index contributed by atoms with van der Waals surface area (Å²) in [5.74, 6) is 0.123. The Morgan fingerprint density at radius 3 is 2.67 bits per heavy atom. The van der Waals surface area contributed by atoms with Gasteiger partial charge in [0, 0.05) is 24.2 Å². The van der Waals surface area contributed by atoms with E-state index in [9.17, 15) is 13.2 Å². The second-order valence-corrected chi connectivity index (χ2v) is 7.81. The van der Waals surface area contributed by atoms with Crippen LogP contribution < -0.4 is 9.46 Å². The summed E-state index contributed by atoms with van der Waals surface area (Å²) in [4.78, 5) is 13.5. The van der Waals surface area contributed by atoms with Gasteiger partial charge in [0.05, 0.1) is 24.1 Å². The molecule has 0 aliphatic rings. The van der Waals surface area contributed by atoms with Crippen LogP contribution in [0.2, 0.25) is 5.02 Å². The normalized spacial score (nSPS) is 10.9. The third kappa shape index (κ3) is 5.20. The summed E-state index contributed by atoms with van der Waals surface area (Å²) in [7, 11) is -0.939. The molecule has 0 heterocycles. The summed E-state index contributed by atoms with van der Waals surface area (Å²) in [6, 6.07) is 12.6. The topological polar surface area (TPSA) is 99.5 Å². The monoisotopic (exact) mass is 407 g/mol. The summed E-state index contributed by atoms with van der Waals surface area (Å²) >= 11 is 5.98. The maximum atomic E-state index is 12.4. The van der Waals surface area contributed by atoms with Crippen LogP contribution in [-0.4, -0.2) is 39.9 Å². The molecule has 0 saturated carbocycles. The SMILES string of the molecule is COc1ccc(Cl)cc1CN(C)C(=O)CNS(=O)(=O)c1ccccc1C#N. The minimum absolute atomic E-state index is 0.00877. The number of carbonyl (C=O) groups is 1. The highest BCUT2D eigenvalue weighted by Crippen LogP contribution is 2.23. The summed E-state index contributed by atoms with van der Waals surface area (Å²) in [5, 5.41) is 9.54. The van der Waals surface area contributed by atoms with E-state index in [4.69, 9.17) is 21.6 Å². The van der Waals surface area contributed by atoms with Gasteiger partial charge in [-0.2, -0.15) is 5.26 Å². The number of nitriles is 1. The van der Waals surface area contributed by atoms with E-state index in [1.54, 1.807) is 31.3 Å². The van der Waals surface area contributed by atoms with Crippen LogP contribution in [-0.2, 0) is 21.4 Å². The van der Waals surface area contributed by atoms with Gasteiger partial charge in [0.25, 0.3) is 0 Å². The fourth-order valence-electron chi connectivity index (χ4n) is 2.38. The molecule has 1 N–H and O–H groups in total.